The Labute approximate surface area is 121 Å². The highest BCUT2D eigenvalue weighted by molar-refractivity contribution is 5.81. The molecule has 0 N–H and O–H groups in total. The van der Waals surface area contributed by atoms with Gasteiger partial charge in [0, 0.05) is 12.5 Å². The number of carbonyl (C=O) groups is 1. The van der Waals surface area contributed by atoms with Crippen LogP contribution >= 0.6 is 0 Å². The Morgan fingerprint density at radius 1 is 1.30 bits per heavy atom. The quantitative estimate of drug-likeness (QED) is 0.652. The number of benzene rings is 1. The normalized spacial score (nSPS) is 12.2. The van der Waals surface area contributed by atoms with E-state index in [1.165, 1.54) is 0 Å². The van der Waals surface area contributed by atoms with E-state index in [-0.39, 0.29) is 0 Å². The minimum atomic E-state index is 0.388. The molecule has 0 saturated heterocycles. The standard InChI is InChI=1S/C16H25NO3/c1-5-17(6-2)10-13(3)12-20-16-14(11-18)8-7-9-15(16)19-4/h7-9,11,13H,5-6,10,12H2,1-4H3. The van der Waals surface area contributed by atoms with Crippen LogP contribution in [-0.4, -0.2) is 44.5 Å². The summed E-state index contributed by atoms with van der Waals surface area (Å²) in [6.07, 6.45) is 0.799. The first-order chi connectivity index (χ1) is 9.65. The largest absolute Gasteiger partial charge is 0.493 e. The van der Waals surface area contributed by atoms with Crippen molar-refractivity contribution in [2.75, 3.05) is 33.4 Å². The van der Waals surface area contributed by atoms with E-state index in [2.05, 4.69) is 25.7 Å². The number of rotatable bonds is 9. The minimum Gasteiger partial charge on any atom is -0.493 e. The van der Waals surface area contributed by atoms with Crippen LogP contribution in [0.25, 0.3) is 0 Å². The third-order valence-corrected chi connectivity index (χ3v) is 3.33. The maximum atomic E-state index is 11.1. The molecule has 1 unspecified atom stereocenters. The van der Waals surface area contributed by atoms with E-state index in [1.54, 1.807) is 25.3 Å². The lowest BCUT2D eigenvalue weighted by atomic mass is 10.1. The van der Waals surface area contributed by atoms with Crippen LogP contribution in [-0.2, 0) is 0 Å². The van der Waals surface area contributed by atoms with Crippen LogP contribution in [0, 0.1) is 5.92 Å². The van der Waals surface area contributed by atoms with Crippen LogP contribution < -0.4 is 9.47 Å². The molecule has 0 aliphatic carbocycles. The molecule has 0 spiro atoms. The molecule has 0 aromatic heterocycles. The summed E-state index contributed by atoms with van der Waals surface area (Å²) in [6.45, 7) is 10.1. The van der Waals surface area contributed by atoms with Crippen molar-refractivity contribution in [3.63, 3.8) is 0 Å². The molecule has 0 heterocycles. The van der Waals surface area contributed by atoms with Gasteiger partial charge < -0.3 is 14.4 Å². The highest BCUT2D eigenvalue weighted by Gasteiger charge is 2.13. The fraction of sp³-hybridized carbons (Fsp3) is 0.562. The molecule has 0 aliphatic rings. The van der Waals surface area contributed by atoms with Gasteiger partial charge in [-0.1, -0.05) is 26.8 Å². The average Bonchev–Trinajstić information content (AvgIpc) is 2.49. The predicted octanol–water partition coefficient (Wildman–Crippen LogP) is 2.86. The number of nitrogens with zero attached hydrogens (tertiary/aromatic N) is 1. The SMILES string of the molecule is CCN(CC)CC(C)COc1c(C=O)cccc1OC. The van der Waals surface area contributed by atoms with Gasteiger partial charge >= 0.3 is 0 Å². The molecule has 20 heavy (non-hydrogen) atoms. The second-order valence-electron chi connectivity index (χ2n) is 4.90. The zero-order valence-electron chi connectivity index (χ0n) is 12.9. The van der Waals surface area contributed by atoms with E-state index in [0.29, 0.717) is 29.6 Å². The highest BCUT2D eigenvalue weighted by atomic mass is 16.5. The molecule has 0 radical (unpaired) electrons. The molecule has 1 aromatic carbocycles. The molecule has 1 atom stereocenters. The average molecular weight is 279 g/mol. The molecule has 112 valence electrons. The molecule has 0 fully saturated rings. The summed E-state index contributed by atoms with van der Waals surface area (Å²) >= 11 is 0. The van der Waals surface area contributed by atoms with Crippen molar-refractivity contribution < 1.29 is 14.3 Å². The molecule has 0 amide bonds. The first-order valence-corrected chi connectivity index (χ1v) is 7.13. The summed E-state index contributed by atoms with van der Waals surface area (Å²) in [7, 11) is 1.58. The number of aldehydes is 1. The number of methoxy groups -OCH3 is 1. The first kappa shape index (κ1) is 16.5. The molecule has 0 aliphatic heterocycles. The lowest BCUT2D eigenvalue weighted by Crippen LogP contribution is -2.30. The lowest BCUT2D eigenvalue weighted by Gasteiger charge is -2.23. The monoisotopic (exact) mass is 279 g/mol. The van der Waals surface area contributed by atoms with Gasteiger partial charge in [-0.2, -0.15) is 0 Å². The van der Waals surface area contributed by atoms with E-state index in [0.717, 1.165) is 25.9 Å². The van der Waals surface area contributed by atoms with Gasteiger partial charge in [0.15, 0.2) is 17.8 Å². The molecule has 0 saturated carbocycles. The van der Waals surface area contributed by atoms with Crippen molar-refractivity contribution in [3.8, 4) is 11.5 Å². The fourth-order valence-corrected chi connectivity index (χ4v) is 2.14. The Balaban J connectivity index is 2.67. The van der Waals surface area contributed by atoms with Crippen LogP contribution in [0.3, 0.4) is 0 Å². The molecule has 4 nitrogen and oxygen atoms in total. The Morgan fingerprint density at radius 2 is 2.00 bits per heavy atom. The minimum absolute atomic E-state index is 0.388. The van der Waals surface area contributed by atoms with Crippen LogP contribution in [0.1, 0.15) is 31.1 Å². The lowest BCUT2D eigenvalue weighted by molar-refractivity contribution is 0.111. The Bertz CT molecular complexity index is 416. The maximum Gasteiger partial charge on any atom is 0.171 e. The number of hydrogen-bond donors (Lipinski definition) is 0. The molecule has 0 bridgehead atoms. The Hall–Kier alpha value is -1.55. The van der Waals surface area contributed by atoms with Gasteiger partial charge in [0.1, 0.15) is 0 Å². The van der Waals surface area contributed by atoms with Crippen molar-refractivity contribution >= 4 is 6.29 Å². The van der Waals surface area contributed by atoms with Gasteiger partial charge in [-0.05, 0) is 25.2 Å². The van der Waals surface area contributed by atoms with E-state index >= 15 is 0 Å². The Morgan fingerprint density at radius 3 is 2.55 bits per heavy atom. The molecule has 4 heteroatoms. The van der Waals surface area contributed by atoms with Crippen molar-refractivity contribution in [3.05, 3.63) is 23.8 Å². The van der Waals surface area contributed by atoms with Crippen molar-refractivity contribution in [2.45, 2.75) is 20.8 Å². The van der Waals surface area contributed by atoms with Gasteiger partial charge in [0.05, 0.1) is 19.3 Å². The summed E-state index contributed by atoms with van der Waals surface area (Å²) < 4.78 is 11.1. The number of hydrogen-bond acceptors (Lipinski definition) is 4. The molecule has 1 aromatic rings. The summed E-state index contributed by atoms with van der Waals surface area (Å²) in [5.74, 6) is 1.53. The fourth-order valence-electron chi connectivity index (χ4n) is 2.14. The van der Waals surface area contributed by atoms with Crippen molar-refractivity contribution in [1.29, 1.82) is 0 Å². The third kappa shape index (κ3) is 4.53. The molecule has 1 rings (SSSR count). The van der Waals surface area contributed by atoms with Gasteiger partial charge in [0.25, 0.3) is 0 Å². The van der Waals surface area contributed by atoms with Crippen LogP contribution in [0.2, 0.25) is 0 Å². The van der Waals surface area contributed by atoms with E-state index in [1.807, 2.05) is 0 Å². The van der Waals surface area contributed by atoms with E-state index in [9.17, 15) is 4.79 Å². The van der Waals surface area contributed by atoms with Crippen molar-refractivity contribution in [2.24, 2.45) is 5.92 Å². The zero-order chi connectivity index (χ0) is 15.0. The number of carbonyl (C=O) groups excluding carboxylic acids is 1. The van der Waals surface area contributed by atoms with E-state index in [4.69, 9.17) is 9.47 Å². The topological polar surface area (TPSA) is 38.8 Å². The highest BCUT2D eigenvalue weighted by Crippen LogP contribution is 2.30. The second-order valence-corrected chi connectivity index (χ2v) is 4.90. The van der Waals surface area contributed by atoms with Crippen LogP contribution in [0.4, 0.5) is 0 Å². The van der Waals surface area contributed by atoms with Gasteiger partial charge in [0.2, 0.25) is 0 Å². The third-order valence-electron chi connectivity index (χ3n) is 3.33. The van der Waals surface area contributed by atoms with Gasteiger partial charge in [-0.25, -0.2) is 0 Å². The number of ether oxygens (including phenoxy) is 2. The van der Waals surface area contributed by atoms with Crippen LogP contribution in [0.15, 0.2) is 18.2 Å². The molecular weight excluding hydrogens is 254 g/mol. The van der Waals surface area contributed by atoms with Crippen molar-refractivity contribution in [1.82, 2.24) is 4.90 Å². The second kappa shape index (κ2) is 8.59. The summed E-state index contributed by atoms with van der Waals surface area (Å²) in [6, 6.07) is 5.33. The first-order valence-electron chi connectivity index (χ1n) is 7.13. The number of para-hydroxylation sites is 1. The summed E-state index contributed by atoms with van der Waals surface area (Å²) in [5.41, 5.74) is 0.527. The van der Waals surface area contributed by atoms with E-state index < -0.39 is 0 Å². The van der Waals surface area contributed by atoms with Gasteiger partial charge in [-0.15, -0.1) is 0 Å². The predicted molar refractivity (Wildman–Crippen MR) is 80.8 cm³/mol. The summed E-state index contributed by atoms with van der Waals surface area (Å²) in [4.78, 5) is 13.4. The van der Waals surface area contributed by atoms with Crippen LogP contribution in [0.5, 0.6) is 11.5 Å². The maximum absolute atomic E-state index is 11.1. The zero-order valence-corrected chi connectivity index (χ0v) is 12.9. The smallest absolute Gasteiger partial charge is 0.171 e. The Kier molecular flexibility index (Phi) is 7.09. The summed E-state index contributed by atoms with van der Waals surface area (Å²) in [5, 5.41) is 0. The van der Waals surface area contributed by atoms with Gasteiger partial charge in [-0.3, -0.25) is 4.79 Å². The molecular formula is C16H25NO3.